The van der Waals surface area contributed by atoms with Crippen LogP contribution in [0.2, 0.25) is 0 Å². The van der Waals surface area contributed by atoms with E-state index in [2.05, 4.69) is 36.4 Å². The number of rotatable bonds is 4. The average molecular weight is 353 g/mol. The molecule has 2 amide bonds. The molecule has 0 aliphatic heterocycles. The summed E-state index contributed by atoms with van der Waals surface area (Å²) in [6.07, 6.45) is 0. The van der Waals surface area contributed by atoms with Gasteiger partial charge in [0.1, 0.15) is 5.01 Å². The number of benzene rings is 2. The van der Waals surface area contributed by atoms with Gasteiger partial charge >= 0.3 is 6.03 Å². The Morgan fingerprint density at radius 1 is 1.08 bits per heavy atom. The average Bonchev–Trinajstić information content (AvgIpc) is 3.00. The number of amides is 2. The lowest BCUT2D eigenvalue weighted by Crippen LogP contribution is -2.42. The van der Waals surface area contributed by atoms with Gasteiger partial charge in [-0.3, -0.25) is 0 Å². The van der Waals surface area contributed by atoms with Gasteiger partial charge in [0.25, 0.3) is 0 Å². The van der Waals surface area contributed by atoms with Crippen molar-refractivity contribution in [2.24, 2.45) is 5.41 Å². The Labute approximate surface area is 152 Å². The summed E-state index contributed by atoms with van der Waals surface area (Å²) in [6, 6.07) is 17.8. The first kappa shape index (κ1) is 17.4. The van der Waals surface area contributed by atoms with E-state index in [1.807, 2.05) is 54.6 Å². The van der Waals surface area contributed by atoms with Gasteiger partial charge in [-0.05, 0) is 23.1 Å². The van der Waals surface area contributed by atoms with E-state index in [1.165, 1.54) is 0 Å². The first-order chi connectivity index (χ1) is 11.9. The van der Waals surface area contributed by atoms with Crippen molar-refractivity contribution in [3.05, 3.63) is 65.2 Å². The van der Waals surface area contributed by atoms with E-state index >= 15 is 0 Å². The maximum Gasteiger partial charge on any atom is 0.315 e. The molecule has 1 heterocycles. The van der Waals surface area contributed by atoms with Gasteiger partial charge in [0.2, 0.25) is 0 Å². The fourth-order valence-corrected chi connectivity index (χ4v) is 3.69. The van der Waals surface area contributed by atoms with Gasteiger partial charge in [-0.2, -0.15) is 0 Å². The van der Waals surface area contributed by atoms with Crippen molar-refractivity contribution in [2.75, 3.05) is 0 Å². The molecule has 0 bridgehead atoms. The van der Waals surface area contributed by atoms with Crippen molar-refractivity contribution in [1.29, 1.82) is 0 Å². The summed E-state index contributed by atoms with van der Waals surface area (Å²) in [4.78, 5) is 17.0. The highest BCUT2D eigenvalue weighted by Crippen LogP contribution is 2.32. The lowest BCUT2D eigenvalue weighted by molar-refractivity contribution is 0.218. The molecule has 1 atom stereocenters. The number of para-hydroxylation sites is 1. The first-order valence-electron chi connectivity index (χ1n) is 8.37. The molecule has 2 aromatic carbocycles. The van der Waals surface area contributed by atoms with Crippen molar-refractivity contribution in [1.82, 2.24) is 15.6 Å². The highest BCUT2D eigenvalue weighted by atomic mass is 32.1. The van der Waals surface area contributed by atoms with Crippen LogP contribution < -0.4 is 10.6 Å². The van der Waals surface area contributed by atoms with Gasteiger partial charge in [0, 0.05) is 0 Å². The zero-order valence-electron chi connectivity index (χ0n) is 14.7. The Kier molecular flexibility index (Phi) is 5.04. The predicted octanol–water partition coefficient (Wildman–Crippen LogP) is 4.88. The summed E-state index contributed by atoms with van der Waals surface area (Å²) in [6.45, 7) is 6.80. The van der Waals surface area contributed by atoms with Gasteiger partial charge < -0.3 is 10.6 Å². The Hall–Kier alpha value is -2.40. The molecule has 0 fully saturated rings. The van der Waals surface area contributed by atoms with Crippen LogP contribution >= 0.6 is 11.3 Å². The molecule has 0 saturated carbocycles. The van der Waals surface area contributed by atoms with Crippen molar-refractivity contribution < 1.29 is 4.79 Å². The molecule has 4 nitrogen and oxygen atoms in total. The van der Waals surface area contributed by atoms with Crippen LogP contribution in [0.25, 0.3) is 10.2 Å². The highest BCUT2D eigenvalue weighted by molar-refractivity contribution is 7.18. The molecule has 0 aliphatic carbocycles. The Morgan fingerprint density at radius 2 is 1.76 bits per heavy atom. The number of nitrogens with one attached hydrogen (secondary N) is 2. The Balaban J connectivity index is 1.65. The van der Waals surface area contributed by atoms with Gasteiger partial charge in [-0.25, -0.2) is 9.78 Å². The fourth-order valence-electron chi connectivity index (χ4n) is 2.78. The van der Waals surface area contributed by atoms with E-state index in [-0.39, 0.29) is 17.5 Å². The quantitative estimate of drug-likeness (QED) is 0.702. The third kappa shape index (κ3) is 4.37. The van der Waals surface area contributed by atoms with Crippen LogP contribution in [-0.4, -0.2) is 11.0 Å². The minimum atomic E-state index is -0.178. The number of aromatic nitrogens is 1. The van der Waals surface area contributed by atoms with E-state index < -0.39 is 0 Å². The van der Waals surface area contributed by atoms with Crippen LogP contribution in [-0.2, 0) is 6.54 Å². The number of nitrogens with zero attached hydrogens (tertiary/aromatic N) is 1. The normalized spacial score (nSPS) is 12.8. The molecule has 0 saturated heterocycles. The maximum atomic E-state index is 12.4. The molecule has 0 spiro atoms. The molecule has 2 N–H and O–H groups in total. The summed E-state index contributed by atoms with van der Waals surface area (Å²) < 4.78 is 1.14. The molecule has 3 rings (SSSR count). The number of carbonyl (C=O) groups is 1. The van der Waals surface area contributed by atoms with E-state index in [0.717, 1.165) is 20.8 Å². The van der Waals surface area contributed by atoms with Gasteiger partial charge in [-0.1, -0.05) is 63.2 Å². The number of carbonyl (C=O) groups excluding carboxylic acids is 1. The standard InChI is InChI=1S/C20H23N3OS/c1-20(2,3)18(14-9-5-4-6-10-14)23-19(24)21-13-17-22-15-11-7-8-12-16(15)25-17/h4-12,18H,13H2,1-3H3,(H2,21,23,24). The van der Waals surface area contributed by atoms with E-state index in [1.54, 1.807) is 11.3 Å². The third-order valence-electron chi connectivity index (χ3n) is 4.01. The fraction of sp³-hybridized carbons (Fsp3) is 0.300. The second kappa shape index (κ2) is 7.23. The Bertz CT molecular complexity index is 819. The minimum absolute atomic E-state index is 0.0657. The zero-order chi connectivity index (χ0) is 17.9. The second-order valence-corrected chi connectivity index (χ2v) is 8.23. The maximum absolute atomic E-state index is 12.4. The van der Waals surface area contributed by atoms with E-state index in [4.69, 9.17) is 0 Å². The third-order valence-corrected chi connectivity index (χ3v) is 5.05. The lowest BCUT2D eigenvalue weighted by atomic mass is 9.82. The molecule has 1 unspecified atom stereocenters. The minimum Gasteiger partial charge on any atom is -0.332 e. The predicted molar refractivity (Wildman–Crippen MR) is 104 cm³/mol. The number of thiazole rings is 1. The lowest BCUT2D eigenvalue weighted by Gasteiger charge is -2.32. The summed E-state index contributed by atoms with van der Waals surface area (Å²) in [5, 5.41) is 6.94. The summed E-state index contributed by atoms with van der Waals surface area (Å²) in [5.41, 5.74) is 1.99. The highest BCUT2D eigenvalue weighted by Gasteiger charge is 2.27. The van der Waals surface area contributed by atoms with Crippen molar-refractivity contribution >= 4 is 27.6 Å². The smallest absolute Gasteiger partial charge is 0.315 e. The number of hydrogen-bond donors (Lipinski definition) is 2. The van der Waals surface area contributed by atoms with Crippen LogP contribution in [0.15, 0.2) is 54.6 Å². The van der Waals surface area contributed by atoms with Crippen molar-refractivity contribution in [2.45, 2.75) is 33.4 Å². The Morgan fingerprint density at radius 3 is 2.44 bits per heavy atom. The van der Waals surface area contributed by atoms with Gasteiger partial charge in [-0.15, -0.1) is 11.3 Å². The molecule has 0 aliphatic rings. The number of urea groups is 1. The van der Waals surface area contributed by atoms with E-state index in [9.17, 15) is 4.79 Å². The molecule has 0 radical (unpaired) electrons. The van der Waals surface area contributed by atoms with Crippen LogP contribution in [0, 0.1) is 5.41 Å². The molecule has 5 heteroatoms. The van der Waals surface area contributed by atoms with Crippen molar-refractivity contribution in [3.8, 4) is 0 Å². The van der Waals surface area contributed by atoms with Crippen LogP contribution in [0.1, 0.15) is 37.4 Å². The number of fused-ring (bicyclic) bond motifs is 1. The SMILES string of the molecule is CC(C)(C)C(NC(=O)NCc1nc2ccccc2s1)c1ccccc1. The van der Waals surface area contributed by atoms with Gasteiger partial charge in [0.05, 0.1) is 22.8 Å². The monoisotopic (exact) mass is 353 g/mol. The van der Waals surface area contributed by atoms with Crippen LogP contribution in [0.3, 0.4) is 0 Å². The van der Waals surface area contributed by atoms with Crippen molar-refractivity contribution in [3.63, 3.8) is 0 Å². The zero-order valence-corrected chi connectivity index (χ0v) is 15.6. The second-order valence-electron chi connectivity index (χ2n) is 7.11. The van der Waals surface area contributed by atoms with Crippen LogP contribution in [0.5, 0.6) is 0 Å². The molecule has 3 aromatic rings. The van der Waals surface area contributed by atoms with Gasteiger partial charge in [0.15, 0.2) is 0 Å². The molecular formula is C20H23N3OS. The summed E-state index contributed by atoms with van der Waals surface area (Å²) in [7, 11) is 0. The molecule has 130 valence electrons. The summed E-state index contributed by atoms with van der Waals surface area (Å²) >= 11 is 1.61. The molecular weight excluding hydrogens is 330 g/mol. The molecule has 25 heavy (non-hydrogen) atoms. The topological polar surface area (TPSA) is 54.0 Å². The van der Waals surface area contributed by atoms with Crippen LogP contribution in [0.4, 0.5) is 4.79 Å². The largest absolute Gasteiger partial charge is 0.332 e. The first-order valence-corrected chi connectivity index (χ1v) is 9.19. The summed E-state index contributed by atoms with van der Waals surface area (Å²) in [5.74, 6) is 0. The van der Waals surface area contributed by atoms with E-state index in [0.29, 0.717) is 6.54 Å². The molecule has 1 aromatic heterocycles. The number of hydrogen-bond acceptors (Lipinski definition) is 3.